The summed E-state index contributed by atoms with van der Waals surface area (Å²) < 4.78 is 16.3. The molecule has 212 valence electrons. The van der Waals surface area contributed by atoms with Crippen molar-refractivity contribution < 1.29 is 28.6 Å². The first kappa shape index (κ1) is 30.6. The van der Waals surface area contributed by atoms with E-state index in [4.69, 9.17) is 14.2 Å². The predicted octanol–water partition coefficient (Wildman–Crippen LogP) is 6.36. The van der Waals surface area contributed by atoms with E-state index in [-0.39, 0.29) is 44.4 Å². The van der Waals surface area contributed by atoms with E-state index in [0.717, 1.165) is 30.4 Å². The minimum atomic E-state index is -0.844. The van der Waals surface area contributed by atoms with Crippen LogP contribution >= 0.6 is 0 Å². The summed E-state index contributed by atoms with van der Waals surface area (Å²) in [7, 11) is 0. The van der Waals surface area contributed by atoms with Crippen LogP contribution in [0.3, 0.4) is 0 Å². The van der Waals surface area contributed by atoms with Gasteiger partial charge in [-0.1, -0.05) is 90.5 Å². The Kier molecular flexibility index (Phi) is 13.5. The summed E-state index contributed by atoms with van der Waals surface area (Å²) >= 11 is 0. The van der Waals surface area contributed by atoms with Gasteiger partial charge in [0.25, 0.3) is 0 Å². The Hall–Kier alpha value is -3.93. The van der Waals surface area contributed by atoms with Gasteiger partial charge in [-0.2, -0.15) is 0 Å². The monoisotopic (exact) mass is 544 g/mol. The molecule has 1 atom stereocenters. The van der Waals surface area contributed by atoms with Crippen LogP contribution in [0, 0.1) is 6.92 Å². The molecule has 0 aromatic heterocycles. The molecule has 0 saturated carbocycles. The molecule has 0 fully saturated rings. The Bertz CT molecular complexity index is 1160. The van der Waals surface area contributed by atoms with Crippen molar-refractivity contribution in [3.05, 3.63) is 107 Å². The average molecular weight is 545 g/mol. The molecule has 0 aliphatic heterocycles. The highest BCUT2D eigenvalue weighted by atomic mass is 16.6. The van der Waals surface area contributed by atoms with Crippen LogP contribution in [-0.4, -0.2) is 37.2 Å². The van der Waals surface area contributed by atoms with E-state index in [1.54, 1.807) is 0 Å². The van der Waals surface area contributed by atoms with Gasteiger partial charge in [0.1, 0.15) is 13.2 Å². The molecule has 0 saturated heterocycles. The zero-order valence-corrected chi connectivity index (χ0v) is 23.4. The fraction of sp³-hybridized carbons (Fsp3) is 0.382. The molecule has 0 heterocycles. The van der Waals surface area contributed by atoms with Gasteiger partial charge in [0.15, 0.2) is 6.10 Å². The largest absolute Gasteiger partial charge is 0.462 e. The maximum atomic E-state index is 12.5. The van der Waals surface area contributed by atoms with Gasteiger partial charge in [0.05, 0.1) is 0 Å². The Balaban J connectivity index is 1.41. The number of hydrogen-bond acceptors (Lipinski definition) is 6. The van der Waals surface area contributed by atoms with Crippen LogP contribution < -0.4 is 0 Å². The molecular formula is C34H40O6. The van der Waals surface area contributed by atoms with E-state index in [0.29, 0.717) is 19.3 Å². The molecule has 6 nitrogen and oxygen atoms in total. The van der Waals surface area contributed by atoms with Crippen LogP contribution in [0.5, 0.6) is 0 Å². The number of ether oxygens (including phenoxy) is 3. The van der Waals surface area contributed by atoms with Crippen molar-refractivity contribution in [2.75, 3.05) is 13.2 Å². The SMILES string of the molecule is Cc1ccc(CCCC(=O)OCC(COC(=O)CCCc2ccccc2)OC(=O)CCCc2ccccc2)cc1. The van der Waals surface area contributed by atoms with Crippen molar-refractivity contribution in [3.8, 4) is 0 Å². The molecule has 0 aliphatic rings. The first-order chi connectivity index (χ1) is 19.5. The molecule has 40 heavy (non-hydrogen) atoms. The highest BCUT2D eigenvalue weighted by molar-refractivity contribution is 5.71. The van der Waals surface area contributed by atoms with E-state index in [1.807, 2.05) is 67.6 Å². The van der Waals surface area contributed by atoms with Gasteiger partial charge < -0.3 is 14.2 Å². The Morgan fingerprint density at radius 3 is 1.40 bits per heavy atom. The van der Waals surface area contributed by atoms with Gasteiger partial charge in [-0.15, -0.1) is 0 Å². The summed E-state index contributed by atoms with van der Waals surface area (Å²) in [6, 6.07) is 28.1. The molecule has 3 aromatic rings. The lowest BCUT2D eigenvalue weighted by Gasteiger charge is -2.18. The molecule has 0 N–H and O–H groups in total. The zero-order chi connectivity index (χ0) is 28.4. The lowest BCUT2D eigenvalue weighted by atomic mass is 10.1. The minimum Gasteiger partial charge on any atom is -0.462 e. The van der Waals surface area contributed by atoms with Crippen LogP contribution in [0.25, 0.3) is 0 Å². The van der Waals surface area contributed by atoms with Crippen molar-refractivity contribution in [2.45, 2.75) is 70.8 Å². The normalized spacial score (nSPS) is 11.4. The van der Waals surface area contributed by atoms with Crippen LogP contribution in [-0.2, 0) is 47.9 Å². The summed E-state index contributed by atoms with van der Waals surface area (Å²) in [6.45, 7) is 1.74. The molecule has 1 unspecified atom stereocenters. The third kappa shape index (κ3) is 12.7. The van der Waals surface area contributed by atoms with E-state index in [1.165, 1.54) is 11.1 Å². The second kappa shape index (κ2) is 17.6. The third-order valence-corrected chi connectivity index (χ3v) is 6.50. The summed E-state index contributed by atoms with van der Waals surface area (Å²) in [5, 5.41) is 0. The standard InChI is InChI=1S/C34H40O6/c1-27-21-23-30(24-22-27)17-9-19-33(36)39-26-31(40-34(37)20-10-16-29-13-6-3-7-14-29)25-38-32(35)18-8-15-28-11-4-2-5-12-28/h2-7,11-14,21-24,31H,8-10,15-20,25-26H2,1H3. The smallest absolute Gasteiger partial charge is 0.306 e. The van der Waals surface area contributed by atoms with E-state index in [9.17, 15) is 14.4 Å². The fourth-order valence-electron chi connectivity index (χ4n) is 4.23. The van der Waals surface area contributed by atoms with Crippen LogP contribution in [0.2, 0.25) is 0 Å². The highest BCUT2D eigenvalue weighted by Gasteiger charge is 2.19. The molecule has 0 amide bonds. The molecule has 3 rings (SSSR count). The lowest BCUT2D eigenvalue weighted by Crippen LogP contribution is -2.31. The average Bonchev–Trinajstić information content (AvgIpc) is 2.96. The van der Waals surface area contributed by atoms with Crippen molar-refractivity contribution in [2.24, 2.45) is 0 Å². The van der Waals surface area contributed by atoms with Gasteiger partial charge in [0.2, 0.25) is 0 Å². The Labute approximate surface area is 237 Å². The second-order valence-corrected chi connectivity index (χ2v) is 10.00. The number of carbonyl (C=O) groups excluding carboxylic acids is 3. The van der Waals surface area contributed by atoms with Crippen LogP contribution in [0.15, 0.2) is 84.9 Å². The first-order valence-electron chi connectivity index (χ1n) is 14.1. The molecule has 0 spiro atoms. The Morgan fingerprint density at radius 1 is 0.550 bits per heavy atom. The van der Waals surface area contributed by atoms with Gasteiger partial charge >= 0.3 is 17.9 Å². The van der Waals surface area contributed by atoms with E-state index >= 15 is 0 Å². The summed E-state index contributed by atoms with van der Waals surface area (Å²) in [4.78, 5) is 37.2. The number of aryl methyl sites for hydroxylation is 4. The van der Waals surface area contributed by atoms with Crippen molar-refractivity contribution in [1.29, 1.82) is 0 Å². The van der Waals surface area contributed by atoms with E-state index < -0.39 is 12.1 Å². The number of carbonyl (C=O) groups is 3. The number of esters is 3. The zero-order valence-electron chi connectivity index (χ0n) is 23.4. The summed E-state index contributed by atoms with van der Waals surface area (Å²) in [5.74, 6) is -1.15. The van der Waals surface area contributed by atoms with Gasteiger partial charge in [0, 0.05) is 19.3 Å². The quantitative estimate of drug-likeness (QED) is 0.145. The fourth-order valence-corrected chi connectivity index (χ4v) is 4.23. The third-order valence-electron chi connectivity index (χ3n) is 6.50. The van der Waals surface area contributed by atoms with Crippen LogP contribution in [0.1, 0.15) is 60.8 Å². The molecule has 3 aromatic carbocycles. The molecule has 0 bridgehead atoms. The maximum Gasteiger partial charge on any atom is 0.306 e. The maximum absolute atomic E-state index is 12.5. The number of rotatable bonds is 17. The molecule has 0 radical (unpaired) electrons. The highest BCUT2D eigenvalue weighted by Crippen LogP contribution is 2.11. The van der Waals surface area contributed by atoms with Crippen molar-refractivity contribution in [1.82, 2.24) is 0 Å². The van der Waals surface area contributed by atoms with Crippen molar-refractivity contribution >= 4 is 17.9 Å². The lowest BCUT2D eigenvalue weighted by molar-refractivity contribution is -0.167. The molecule has 6 heteroatoms. The Morgan fingerprint density at radius 2 is 0.950 bits per heavy atom. The van der Waals surface area contributed by atoms with Gasteiger partial charge in [-0.05, 0) is 62.1 Å². The van der Waals surface area contributed by atoms with Gasteiger partial charge in [-0.3, -0.25) is 14.4 Å². The summed E-state index contributed by atoms with van der Waals surface area (Å²) in [6.07, 6.45) is 4.14. The second-order valence-electron chi connectivity index (χ2n) is 10.00. The molecule has 0 aliphatic carbocycles. The van der Waals surface area contributed by atoms with Crippen molar-refractivity contribution in [3.63, 3.8) is 0 Å². The van der Waals surface area contributed by atoms with Crippen LogP contribution in [0.4, 0.5) is 0 Å². The number of benzene rings is 3. The predicted molar refractivity (Wildman–Crippen MR) is 155 cm³/mol. The molecular weight excluding hydrogens is 504 g/mol. The minimum absolute atomic E-state index is 0.148. The number of hydrogen-bond donors (Lipinski definition) is 0. The van der Waals surface area contributed by atoms with Gasteiger partial charge in [-0.25, -0.2) is 0 Å². The van der Waals surface area contributed by atoms with E-state index in [2.05, 4.69) is 24.3 Å². The first-order valence-corrected chi connectivity index (χ1v) is 14.1. The summed E-state index contributed by atoms with van der Waals surface area (Å²) in [5.41, 5.74) is 4.67. The topological polar surface area (TPSA) is 78.9 Å².